The first-order valence-corrected chi connectivity index (χ1v) is 6.48. The quantitative estimate of drug-likeness (QED) is 0.793. The normalized spacial score (nSPS) is 12.6. The molecule has 16 heavy (non-hydrogen) atoms. The maximum atomic E-state index is 13.0. The van der Waals surface area contributed by atoms with E-state index >= 15 is 0 Å². The molecule has 1 aromatic carbocycles. The summed E-state index contributed by atoms with van der Waals surface area (Å²) in [6.45, 7) is 0.666. The Bertz CT molecular complexity index is 494. The SMILES string of the molecule is COc1ccc(C(C)(F)F)cc1S(=O)(=O)Cl. The van der Waals surface area contributed by atoms with Gasteiger partial charge in [-0.25, -0.2) is 17.2 Å². The fourth-order valence-corrected chi connectivity index (χ4v) is 2.16. The number of ether oxygens (including phenoxy) is 1. The topological polar surface area (TPSA) is 43.4 Å². The van der Waals surface area contributed by atoms with Gasteiger partial charge in [-0.1, -0.05) is 0 Å². The lowest BCUT2D eigenvalue weighted by molar-refractivity contribution is 0.0172. The summed E-state index contributed by atoms with van der Waals surface area (Å²) in [5, 5.41) is 0. The van der Waals surface area contributed by atoms with Crippen molar-refractivity contribution >= 4 is 19.7 Å². The molecule has 3 nitrogen and oxygen atoms in total. The van der Waals surface area contributed by atoms with Crippen molar-refractivity contribution in [3.8, 4) is 5.75 Å². The van der Waals surface area contributed by atoms with Crippen LogP contribution in [0.25, 0.3) is 0 Å². The molecule has 0 aliphatic rings. The minimum atomic E-state index is -4.11. The van der Waals surface area contributed by atoms with E-state index in [9.17, 15) is 17.2 Å². The summed E-state index contributed by atoms with van der Waals surface area (Å²) in [6, 6.07) is 3.04. The van der Waals surface area contributed by atoms with E-state index in [0.29, 0.717) is 6.92 Å². The van der Waals surface area contributed by atoms with Crippen LogP contribution in [-0.4, -0.2) is 15.5 Å². The molecule has 1 aromatic rings. The first kappa shape index (κ1) is 13.2. The number of hydrogen-bond donors (Lipinski definition) is 0. The Morgan fingerprint density at radius 3 is 2.31 bits per heavy atom. The summed E-state index contributed by atoms with van der Waals surface area (Å²) in [6.07, 6.45) is 0. The zero-order valence-electron chi connectivity index (χ0n) is 8.50. The second-order valence-electron chi connectivity index (χ2n) is 3.19. The molecule has 0 fully saturated rings. The summed E-state index contributed by atoms with van der Waals surface area (Å²) >= 11 is 0. The van der Waals surface area contributed by atoms with Gasteiger partial charge >= 0.3 is 0 Å². The van der Waals surface area contributed by atoms with Gasteiger partial charge in [-0.05, 0) is 18.2 Å². The third-order valence-electron chi connectivity index (χ3n) is 1.93. The highest BCUT2D eigenvalue weighted by atomic mass is 35.7. The van der Waals surface area contributed by atoms with Crippen LogP contribution in [0, 0.1) is 0 Å². The molecular formula is C9H9ClF2O3S. The van der Waals surface area contributed by atoms with Gasteiger partial charge in [-0.3, -0.25) is 0 Å². The summed E-state index contributed by atoms with van der Waals surface area (Å²) in [7, 11) is 2.22. The van der Waals surface area contributed by atoms with Gasteiger partial charge in [-0.15, -0.1) is 0 Å². The van der Waals surface area contributed by atoms with Gasteiger partial charge in [0.1, 0.15) is 10.6 Å². The maximum absolute atomic E-state index is 13.0. The third-order valence-corrected chi connectivity index (χ3v) is 3.28. The predicted molar refractivity (Wildman–Crippen MR) is 55.6 cm³/mol. The van der Waals surface area contributed by atoms with Crippen LogP contribution in [0.2, 0.25) is 0 Å². The standard InChI is InChI=1S/C9H9ClF2O3S/c1-9(11,12)6-3-4-7(15-2)8(5-6)16(10,13)14/h3-5H,1-2H3. The van der Waals surface area contributed by atoms with Gasteiger partial charge in [0.15, 0.2) is 0 Å². The Balaban J connectivity index is 3.46. The van der Waals surface area contributed by atoms with E-state index in [0.717, 1.165) is 18.2 Å². The number of alkyl halides is 2. The maximum Gasteiger partial charge on any atom is 0.270 e. The Morgan fingerprint density at radius 1 is 1.38 bits per heavy atom. The van der Waals surface area contributed by atoms with E-state index in [4.69, 9.17) is 15.4 Å². The molecule has 0 spiro atoms. The predicted octanol–water partition coefficient (Wildman–Crippen LogP) is 2.73. The number of hydrogen-bond acceptors (Lipinski definition) is 3. The lowest BCUT2D eigenvalue weighted by Crippen LogP contribution is -2.08. The molecule has 0 unspecified atom stereocenters. The second-order valence-corrected chi connectivity index (χ2v) is 5.73. The van der Waals surface area contributed by atoms with Crippen LogP contribution >= 0.6 is 10.7 Å². The molecule has 0 amide bonds. The van der Waals surface area contributed by atoms with Gasteiger partial charge in [0.25, 0.3) is 15.0 Å². The highest BCUT2D eigenvalue weighted by Crippen LogP contribution is 2.34. The van der Waals surface area contributed by atoms with Crippen molar-refractivity contribution in [3.05, 3.63) is 23.8 Å². The van der Waals surface area contributed by atoms with Crippen molar-refractivity contribution in [2.45, 2.75) is 17.7 Å². The molecule has 0 N–H and O–H groups in total. The van der Waals surface area contributed by atoms with E-state index in [1.165, 1.54) is 7.11 Å². The number of methoxy groups -OCH3 is 1. The second kappa shape index (κ2) is 4.18. The van der Waals surface area contributed by atoms with E-state index in [-0.39, 0.29) is 5.75 Å². The van der Waals surface area contributed by atoms with E-state index in [2.05, 4.69) is 0 Å². The van der Waals surface area contributed by atoms with Crippen LogP contribution in [0.3, 0.4) is 0 Å². The highest BCUT2D eigenvalue weighted by Gasteiger charge is 2.27. The van der Waals surface area contributed by atoms with Crippen LogP contribution in [0.1, 0.15) is 12.5 Å². The molecule has 0 saturated carbocycles. The number of benzene rings is 1. The van der Waals surface area contributed by atoms with Gasteiger partial charge < -0.3 is 4.74 Å². The summed E-state index contributed by atoms with van der Waals surface area (Å²) in [5.41, 5.74) is -0.437. The van der Waals surface area contributed by atoms with Crippen molar-refractivity contribution in [1.29, 1.82) is 0 Å². The molecule has 0 radical (unpaired) electrons. The van der Waals surface area contributed by atoms with E-state index < -0.39 is 25.4 Å². The highest BCUT2D eigenvalue weighted by molar-refractivity contribution is 8.13. The first-order chi connectivity index (χ1) is 7.16. The molecule has 0 aliphatic carbocycles. The van der Waals surface area contributed by atoms with E-state index in [1.807, 2.05) is 0 Å². The van der Waals surface area contributed by atoms with Crippen molar-refractivity contribution in [2.75, 3.05) is 7.11 Å². The van der Waals surface area contributed by atoms with Gasteiger partial charge in [-0.2, -0.15) is 0 Å². The fraction of sp³-hybridized carbons (Fsp3) is 0.333. The largest absolute Gasteiger partial charge is 0.495 e. The Morgan fingerprint density at radius 2 is 1.94 bits per heavy atom. The lowest BCUT2D eigenvalue weighted by atomic mass is 10.1. The monoisotopic (exact) mass is 270 g/mol. The average Bonchev–Trinajstić information content (AvgIpc) is 2.14. The van der Waals surface area contributed by atoms with Crippen LogP contribution in [-0.2, 0) is 15.0 Å². The molecule has 0 saturated heterocycles. The van der Waals surface area contributed by atoms with Crippen molar-refractivity contribution in [1.82, 2.24) is 0 Å². The van der Waals surface area contributed by atoms with Gasteiger partial charge in [0.2, 0.25) is 0 Å². The minimum absolute atomic E-state index is 0.0667. The molecule has 0 atom stereocenters. The molecule has 0 aromatic heterocycles. The third kappa shape index (κ3) is 2.82. The summed E-state index contributed by atoms with van der Waals surface area (Å²) < 4.78 is 53.0. The van der Waals surface area contributed by atoms with Crippen LogP contribution in [0.15, 0.2) is 23.1 Å². The smallest absolute Gasteiger partial charge is 0.270 e. The van der Waals surface area contributed by atoms with Gasteiger partial charge in [0.05, 0.1) is 7.11 Å². The molecule has 7 heteroatoms. The Hall–Kier alpha value is -0.880. The number of rotatable bonds is 3. The summed E-state index contributed by atoms with van der Waals surface area (Å²) in [4.78, 5) is -0.462. The molecule has 90 valence electrons. The lowest BCUT2D eigenvalue weighted by Gasteiger charge is -2.13. The zero-order chi connectivity index (χ0) is 12.6. The molecular weight excluding hydrogens is 262 g/mol. The molecule has 0 aliphatic heterocycles. The molecule has 1 rings (SSSR count). The number of halogens is 3. The fourth-order valence-electron chi connectivity index (χ4n) is 1.14. The van der Waals surface area contributed by atoms with E-state index in [1.54, 1.807) is 0 Å². The Labute approximate surface area is 96.4 Å². The van der Waals surface area contributed by atoms with Crippen molar-refractivity contribution < 1.29 is 21.9 Å². The first-order valence-electron chi connectivity index (χ1n) is 4.17. The average molecular weight is 271 g/mol. The van der Waals surface area contributed by atoms with Crippen LogP contribution in [0.4, 0.5) is 8.78 Å². The molecule has 0 heterocycles. The van der Waals surface area contributed by atoms with Crippen LogP contribution < -0.4 is 4.74 Å². The van der Waals surface area contributed by atoms with Gasteiger partial charge in [0, 0.05) is 23.2 Å². The van der Waals surface area contributed by atoms with Crippen LogP contribution in [0.5, 0.6) is 5.75 Å². The Kier molecular flexibility index (Phi) is 3.44. The van der Waals surface area contributed by atoms with Crippen molar-refractivity contribution in [2.24, 2.45) is 0 Å². The zero-order valence-corrected chi connectivity index (χ0v) is 10.1. The minimum Gasteiger partial charge on any atom is -0.495 e. The van der Waals surface area contributed by atoms with Crippen molar-refractivity contribution in [3.63, 3.8) is 0 Å². The molecule has 0 bridgehead atoms. The summed E-state index contributed by atoms with van der Waals surface area (Å²) in [5.74, 6) is -3.20.